The molecule has 0 bridgehead atoms. The Hall–Kier alpha value is -2.04. The maximum atomic E-state index is 10.0. The highest BCUT2D eigenvalue weighted by molar-refractivity contribution is 6.30. The number of benzene rings is 2. The fourth-order valence-electron chi connectivity index (χ4n) is 3.37. The Morgan fingerprint density at radius 1 is 1.12 bits per heavy atom. The van der Waals surface area contributed by atoms with Crippen LogP contribution < -0.4 is 4.90 Å². The maximum absolute atomic E-state index is 10.0. The highest BCUT2D eigenvalue weighted by Gasteiger charge is 2.23. The SMILES string of the molecule is O[C@H]1CCCN(c2nc3ccccc3n2Cc2ccc(Cl)cc2)C1. The second kappa shape index (κ2) is 6.46. The van der Waals surface area contributed by atoms with Crippen LogP contribution in [-0.4, -0.2) is 33.9 Å². The Bertz CT molecular complexity index is 843. The van der Waals surface area contributed by atoms with Crippen LogP contribution in [0.4, 0.5) is 5.95 Å². The number of aromatic nitrogens is 2. The zero-order valence-electron chi connectivity index (χ0n) is 13.4. The van der Waals surface area contributed by atoms with Gasteiger partial charge in [-0.2, -0.15) is 0 Å². The van der Waals surface area contributed by atoms with E-state index in [1.165, 1.54) is 5.56 Å². The molecule has 4 rings (SSSR count). The first-order valence-corrected chi connectivity index (χ1v) is 8.71. The Labute approximate surface area is 146 Å². The lowest BCUT2D eigenvalue weighted by atomic mass is 10.1. The van der Waals surface area contributed by atoms with Crippen molar-refractivity contribution in [3.63, 3.8) is 0 Å². The molecule has 2 aromatic carbocycles. The standard InChI is InChI=1S/C19H20ClN3O/c20-15-9-7-14(8-10-15)12-23-18-6-2-1-5-17(18)21-19(23)22-11-3-4-16(24)13-22/h1-2,5-10,16,24H,3-4,11-13H2/t16-/m0/s1. The summed E-state index contributed by atoms with van der Waals surface area (Å²) >= 11 is 6.00. The third kappa shape index (κ3) is 2.99. The molecule has 1 atom stereocenters. The number of hydrogen-bond donors (Lipinski definition) is 1. The largest absolute Gasteiger partial charge is 0.391 e. The van der Waals surface area contributed by atoms with Crippen molar-refractivity contribution in [1.29, 1.82) is 0 Å². The molecule has 0 spiro atoms. The van der Waals surface area contributed by atoms with Crippen molar-refractivity contribution >= 4 is 28.6 Å². The van der Waals surface area contributed by atoms with Crippen LogP contribution in [0.1, 0.15) is 18.4 Å². The third-order valence-electron chi connectivity index (χ3n) is 4.57. The molecule has 4 nitrogen and oxygen atoms in total. The highest BCUT2D eigenvalue weighted by Crippen LogP contribution is 2.26. The van der Waals surface area contributed by atoms with Crippen molar-refractivity contribution in [3.8, 4) is 0 Å². The number of rotatable bonds is 3. The van der Waals surface area contributed by atoms with E-state index >= 15 is 0 Å². The summed E-state index contributed by atoms with van der Waals surface area (Å²) in [5.41, 5.74) is 3.28. The normalized spacial score (nSPS) is 18.2. The molecule has 1 N–H and O–H groups in total. The average molecular weight is 342 g/mol. The Kier molecular flexibility index (Phi) is 4.17. The van der Waals surface area contributed by atoms with E-state index < -0.39 is 0 Å². The van der Waals surface area contributed by atoms with Crippen LogP contribution in [0.3, 0.4) is 0 Å². The molecule has 1 aliphatic heterocycles. The van der Waals surface area contributed by atoms with Crippen LogP contribution in [0.15, 0.2) is 48.5 Å². The number of β-amino-alcohol motifs (C(OH)–C–C–N with tert-alkyl or cyclic N) is 1. The van der Waals surface area contributed by atoms with Gasteiger partial charge in [-0.05, 0) is 42.7 Å². The van der Waals surface area contributed by atoms with E-state index in [-0.39, 0.29) is 6.10 Å². The summed E-state index contributed by atoms with van der Waals surface area (Å²) in [7, 11) is 0. The van der Waals surface area contributed by atoms with Crippen molar-refractivity contribution in [2.24, 2.45) is 0 Å². The number of fused-ring (bicyclic) bond motifs is 1. The first kappa shape index (κ1) is 15.5. The molecule has 1 fully saturated rings. The van der Waals surface area contributed by atoms with Gasteiger partial charge in [-0.3, -0.25) is 0 Å². The minimum Gasteiger partial charge on any atom is -0.391 e. The molecule has 1 aliphatic rings. The van der Waals surface area contributed by atoms with Gasteiger partial charge in [-0.1, -0.05) is 35.9 Å². The number of aliphatic hydroxyl groups is 1. The predicted octanol–water partition coefficient (Wildman–Crippen LogP) is 3.70. The summed E-state index contributed by atoms with van der Waals surface area (Å²) in [5.74, 6) is 0.935. The second-order valence-corrected chi connectivity index (χ2v) is 6.79. The molecule has 1 aromatic heterocycles. The van der Waals surface area contributed by atoms with E-state index in [2.05, 4.69) is 15.5 Å². The van der Waals surface area contributed by atoms with Crippen molar-refractivity contribution in [2.45, 2.75) is 25.5 Å². The van der Waals surface area contributed by atoms with Gasteiger partial charge in [0.05, 0.1) is 23.7 Å². The fourth-order valence-corrected chi connectivity index (χ4v) is 3.49. The van der Waals surface area contributed by atoms with Crippen LogP contribution in [0.2, 0.25) is 5.02 Å². The van der Waals surface area contributed by atoms with Gasteiger partial charge < -0.3 is 14.6 Å². The van der Waals surface area contributed by atoms with Crippen molar-refractivity contribution < 1.29 is 5.11 Å². The lowest BCUT2D eigenvalue weighted by Crippen LogP contribution is -2.39. The first-order valence-electron chi connectivity index (χ1n) is 8.33. The molecule has 124 valence electrons. The molecular formula is C19H20ClN3O. The van der Waals surface area contributed by atoms with E-state index in [1.807, 2.05) is 42.5 Å². The zero-order chi connectivity index (χ0) is 16.5. The number of imidazole rings is 1. The van der Waals surface area contributed by atoms with Crippen molar-refractivity contribution in [2.75, 3.05) is 18.0 Å². The van der Waals surface area contributed by atoms with Crippen molar-refractivity contribution in [1.82, 2.24) is 9.55 Å². The Balaban J connectivity index is 1.76. The fraction of sp³-hybridized carbons (Fsp3) is 0.316. The monoisotopic (exact) mass is 341 g/mol. The number of anilines is 1. The summed E-state index contributed by atoms with van der Waals surface area (Å²) in [5, 5.41) is 10.8. The summed E-state index contributed by atoms with van der Waals surface area (Å²) in [6, 6.07) is 16.1. The molecule has 0 amide bonds. The molecule has 2 heterocycles. The van der Waals surface area contributed by atoms with Gasteiger partial charge in [0.1, 0.15) is 0 Å². The van der Waals surface area contributed by atoms with E-state index in [0.29, 0.717) is 6.54 Å². The molecule has 24 heavy (non-hydrogen) atoms. The lowest BCUT2D eigenvalue weighted by molar-refractivity contribution is 0.153. The van der Waals surface area contributed by atoms with Crippen molar-refractivity contribution in [3.05, 3.63) is 59.1 Å². The first-order chi connectivity index (χ1) is 11.7. The second-order valence-electron chi connectivity index (χ2n) is 6.36. The molecule has 0 saturated carbocycles. The quantitative estimate of drug-likeness (QED) is 0.789. The van der Waals surface area contributed by atoms with Gasteiger partial charge in [0.2, 0.25) is 5.95 Å². The number of para-hydroxylation sites is 2. The molecule has 0 unspecified atom stereocenters. The number of nitrogens with zero attached hydrogens (tertiary/aromatic N) is 3. The van der Waals surface area contributed by atoms with Crippen LogP contribution in [0.25, 0.3) is 11.0 Å². The van der Waals surface area contributed by atoms with E-state index in [1.54, 1.807) is 0 Å². The van der Waals surface area contributed by atoms with Gasteiger partial charge in [0, 0.05) is 18.1 Å². The smallest absolute Gasteiger partial charge is 0.206 e. The number of hydrogen-bond acceptors (Lipinski definition) is 3. The summed E-state index contributed by atoms with van der Waals surface area (Å²) in [4.78, 5) is 7.03. The minimum atomic E-state index is -0.275. The summed E-state index contributed by atoms with van der Waals surface area (Å²) in [6.45, 7) is 2.31. The zero-order valence-corrected chi connectivity index (χ0v) is 14.2. The van der Waals surface area contributed by atoms with E-state index in [9.17, 15) is 5.11 Å². The molecule has 0 aliphatic carbocycles. The lowest BCUT2D eigenvalue weighted by Gasteiger charge is -2.31. The topological polar surface area (TPSA) is 41.3 Å². The van der Waals surface area contributed by atoms with Gasteiger partial charge in [-0.15, -0.1) is 0 Å². The summed E-state index contributed by atoms with van der Waals surface area (Å²) in [6.07, 6.45) is 1.58. The highest BCUT2D eigenvalue weighted by atomic mass is 35.5. The third-order valence-corrected chi connectivity index (χ3v) is 4.82. The molecular weight excluding hydrogens is 322 g/mol. The van der Waals surface area contributed by atoms with Gasteiger partial charge in [0.25, 0.3) is 0 Å². The predicted molar refractivity (Wildman–Crippen MR) is 97.7 cm³/mol. The minimum absolute atomic E-state index is 0.275. The molecule has 3 aromatic rings. The van der Waals surface area contributed by atoms with Gasteiger partial charge in [-0.25, -0.2) is 4.98 Å². The number of piperidine rings is 1. The number of aliphatic hydroxyl groups excluding tert-OH is 1. The maximum Gasteiger partial charge on any atom is 0.206 e. The summed E-state index contributed by atoms with van der Waals surface area (Å²) < 4.78 is 2.23. The van der Waals surface area contributed by atoms with E-state index in [0.717, 1.165) is 47.9 Å². The van der Waals surface area contributed by atoms with Crippen LogP contribution in [-0.2, 0) is 6.54 Å². The Morgan fingerprint density at radius 2 is 1.92 bits per heavy atom. The molecule has 0 radical (unpaired) electrons. The van der Waals surface area contributed by atoms with Crippen LogP contribution in [0, 0.1) is 0 Å². The van der Waals surface area contributed by atoms with Crippen LogP contribution >= 0.6 is 11.6 Å². The van der Waals surface area contributed by atoms with E-state index in [4.69, 9.17) is 16.6 Å². The molecule has 1 saturated heterocycles. The average Bonchev–Trinajstić information content (AvgIpc) is 2.96. The van der Waals surface area contributed by atoms with Gasteiger partial charge >= 0.3 is 0 Å². The van der Waals surface area contributed by atoms with Gasteiger partial charge in [0.15, 0.2) is 0 Å². The molecule has 5 heteroatoms. The van der Waals surface area contributed by atoms with Crippen LogP contribution in [0.5, 0.6) is 0 Å². The Morgan fingerprint density at radius 3 is 2.71 bits per heavy atom. The number of halogens is 1.